The second-order valence-electron chi connectivity index (χ2n) is 8.23. The van der Waals surface area contributed by atoms with Crippen molar-refractivity contribution in [3.8, 4) is 11.5 Å². The number of ether oxygens (including phenoxy) is 3. The molecule has 3 heterocycles. The molecule has 1 unspecified atom stereocenters. The lowest BCUT2D eigenvalue weighted by Gasteiger charge is -2.26. The topological polar surface area (TPSA) is 92.0 Å². The van der Waals surface area contributed by atoms with E-state index in [1.807, 2.05) is 30.3 Å². The first-order valence-corrected chi connectivity index (χ1v) is 11.0. The number of imidazole rings is 1. The van der Waals surface area contributed by atoms with Crippen molar-refractivity contribution in [1.82, 2.24) is 14.0 Å². The van der Waals surface area contributed by atoms with E-state index >= 15 is 0 Å². The second kappa shape index (κ2) is 8.65. The fourth-order valence-electron chi connectivity index (χ4n) is 4.59. The number of amides is 1. The van der Waals surface area contributed by atoms with Gasteiger partial charge in [0.25, 0.3) is 5.91 Å². The fourth-order valence-corrected chi connectivity index (χ4v) is 4.59. The van der Waals surface area contributed by atoms with Crippen LogP contribution < -0.4 is 15.2 Å². The maximum atomic E-state index is 12.9. The minimum Gasteiger partial charge on any atom is -0.486 e. The molecule has 33 heavy (non-hydrogen) atoms. The Hall–Kier alpha value is -3.75. The van der Waals surface area contributed by atoms with Gasteiger partial charge < -0.3 is 19.1 Å². The highest BCUT2D eigenvalue weighted by Crippen LogP contribution is 2.38. The van der Waals surface area contributed by atoms with Crippen molar-refractivity contribution < 1.29 is 23.8 Å². The molecular formula is C24H25N3O6. The quantitative estimate of drug-likeness (QED) is 0.551. The smallest absolute Gasteiger partial charge is 0.329 e. The van der Waals surface area contributed by atoms with Gasteiger partial charge >= 0.3 is 11.7 Å². The van der Waals surface area contributed by atoms with Crippen LogP contribution in [0.3, 0.4) is 0 Å². The maximum Gasteiger partial charge on any atom is 0.329 e. The molecule has 1 saturated heterocycles. The summed E-state index contributed by atoms with van der Waals surface area (Å²) in [6.45, 7) is 1.01. The van der Waals surface area contributed by atoms with Crippen LogP contribution in [0, 0.1) is 0 Å². The zero-order chi connectivity index (χ0) is 22.9. The molecule has 1 atom stereocenters. The van der Waals surface area contributed by atoms with Gasteiger partial charge in [0.05, 0.1) is 17.1 Å². The Morgan fingerprint density at radius 1 is 1.06 bits per heavy atom. The number of rotatable bonds is 5. The van der Waals surface area contributed by atoms with Gasteiger partial charge in [-0.1, -0.05) is 18.2 Å². The number of carbonyl (C=O) groups is 2. The highest BCUT2D eigenvalue weighted by atomic mass is 16.6. The zero-order valence-electron chi connectivity index (χ0n) is 18.4. The van der Waals surface area contributed by atoms with E-state index in [4.69, 9.17) is 14.2 Å². The van der Waals surface area contributed by atoms with Crippen LogP contribution in [0.1, 0.15) is 24.4 Å². The lowest BCUT2D eigenvalue weighted by Crippen LogP contribution is -2.35. The molecule has 172 valence electrons. The Bertz CT molecular complexity index is 1280. The van der Waals surface area contributed by atoms with Gasteiger partial charge in [-0.3, -0.25) is 18.7 Å². The van der Waals surface area contributed by atoms with Crippen molar-refractivity contribution >= 4 is 22.9 Å². The summed E-state index contributed by atoms with van der Waals surface area (Å²) >= 11 is 0. The molecule has 2 aromatic carbocycles. The summed E-state index contributed by atoms with van der Waals surface area (Å²) in [5.74, 6) is 0.506. The molecule has 0 spiro atoms. The van der Waals surface area contributed by atoms with Crippen molar-refractivity contribution in [2.24, 2.45) is 7.05 Å². The van der Waals surface area contributed by atoms with Crippen molar-refractivity contribution in [1.29, 1.82) is 0 Å². The highest BCUT2D eigenvalue weighted by molar-refractivity contribution is 5.82. The summed E-state index contributed by atoms with van der Waals surface area (Å²) in [5.41, 5.74) is 2.04. The first-order chi connectivity index (χ1) is 16.0. The minimum absolute atomic E-state index is 0.104. The lowest BCUT2D eigenvalue weighted by molar-refractivity contribution is -0.152. The largest absolute Gasteiger partial charge is 0.486 e. The third kappa shape index (κ3) is 3.94. The number of fused-ring (bicyclic) bond motifs is 2. The van der Waals surface area contributed by atoms with E-state index in [1.165, 1.54) is 9.13 Å². The van der Waals surface area contributed by atoms with Gasteiger partial charge in [-0.25, -0.2) is 4.79 Å². The van der Waals surface area contributed by atoms with Crippen LogP contribution in [0.5, 0.6) is 11.5 Å². The number of aromatic nitrogens is 2. The van der Waals surface area contributed by atoms with Crippen LogP contribution in [0.15, 0.2) is 47.3 Å². The van der Waals surface area contributed by atoms with E-state index in [0.717, 1.165) is 23.9 Å². The first kappa shape index (κ1) is 21.1. The highest BCUT2D eigenvalue weighted by Gasteiger charge is 2.31. The average Bonchev–Trinajstić information content (AvgIpc) is 3.42. The third-order valence-corrected chi connectivity index (χ3v) is 6.22. The van der Waals surface area contributed by atoms with E-state index in [1.54, 1.807) is 24.1 Å². The van der Waals surface area contributed by atoms with Crippen molar-refractivity contribution in [3.05, 3.63) is 58.5 Å². The Morgan fingerprint density at radius 2 is 1.82 bits per heavy atom. The SMILES string of the molecule is Cn1c(=O)n(CC(=O)OCC(=O)N2CCCC2c2ccc3c(c2)OCCO3)c2ccccc21. The molecule has 9 nitrogen and oxygen atoms in total. The number of nitrogens with zero attached hydrogens (tertiary/aromatic N) is 3. The Labute approximate surface area is 190 Å². The number of benzene rings is 2. The molecule has 0 bridgehead atoms. The molecule has 1 aromatic heterocycles. The number of hydrogen-bond donors (Lipinski definition) is 0. The molecule has 0 radical (unpaired) electrons. The molecule has 2 aliphatic heterocycles. The van der Waals surface area contributed by atoms with Gasteiger partial charge in [0.2, 0.25) is 0 Å². The normalized spacial score (nSPS) is 17.4. The molecule has 1 amide bonds. The molecule has 3 aromatic rings. The number of para-hydroxylation sites is 2. The second-order valence-corrected chi connectivity index (χ2v) is 8.23. The number of esters is 1. The van der Waals surface area contributed by atoms with Crippen LogP contribution in [0.2, 0.25) is 0 Å². The van der Waals surface area contributed by atoms with Gasteiger partial charge in [0.1, 0.15) is 19.8 Å². The van der Waals surface area contributed by atoms with Gasteiger partial charge in [0.15, 0.2) is 18.1 Å². The fraction of sp³-hybridized carbons (Fsp3) is 0.375. The van der Waals surface area contributed by atoms with E-state index < -0.39 is 5.97 Å². The Balaban J connectivity index is 1.24. The number of likely N-dealkylation sites (tertiary alicyclic amines) is 1. The van der Waals surface area contributed by atoms with Gasteiger partial charge in [-0.05, 0) is 42.7 Å². The summed E-state index contributed by atoms with van der Waals surface area (Å²) in [6.07, 6.45) is 1.69. The predicted molar refractivity (Wildman–Crippen MR) is 119 cm³/mol. The first-order valence-electron chi connectivity index (χ1n) is 11.0. The lowest BCUT2D eigenvalue weighted by atomic mass is 10.0. The molecule has 0 aliphatic carbocycles. The van der Waals surface area contributed by atoms with Crippen LogP contribution in [-0.4, -0.2) is 52.3 Å². The number of aryl methyl sites for hydroxylation is 1. The summed E-state index contributed by atoms with van der Waals surface area (Å²) in [7, 11) is 1.65. The maximum absolute atomic E-state index is 12.9. The molecule has 2 aliphatic rings. The molecule has 1 fully saturated rings. The van der Waals surface area contributed by atoms with Crippen LogP contribution in [-0.2, 0) is 27.9 Å². The van der Waals surface area contributed by atoms with Crippen LogP contribution in [0.25, 0.3) is 11.0 Å². The molecular weight excluding hydrogens is 426 g/mol. The van der Waals surface area contributed by atoms with Gasteiger partial charge in [-0.2, -0.15) is 0 Å². The number of hydrogen-bond acceptors (Lipinski definition) is 6. The predicted octanol–water partition coefficient (Wildman–Crippen LogP) is 2.02. The number of carbonyl (C=O) groups excluding carboxylic acids is 2. The Kier molecular flexibility index (Phi) is 5.53. The summed E-state index contributed by atoms with van der Waals surface area (Å²) in [4.78, 5) is 39.6. The van der Waals surface area contributed by atoms with E-state index in [2.05, 4.69) is 0 Å². The van der Waals surface area contributed by atoms with Crippen molar-refractivity contribution in [2.75, 3.05) is 26.4 Å². The molecule has 0 saturated carbocycles. The molecule has 5 rings (SSSR count). The molecule has 0 N–H and O–H groups in total. The molecule has 9 heteroatoms. The summed E-state index contributed by atoms with van der Waals surface area (Å²) in [6, 6.07) is 12.9. The minimum atomic E-state index is -0.628. The van der Waals surface area contributed by atoms with E-state index in [0.29, 0.717) is 36.8 Å². The van der Waals surface area contributed by atoms with E-state index in [9.17, 15) is 14.4 Å². The summed E-state index contributed by atoms with van der Waals surface area (Å²) < 4.78 is 19.3. The zero-order valence-corrected chi connectivity index (χ0v) is 18.4. The monoisotopic (exact) mass is 451 g/mol. The Morgan fingerprint density at radius 3 is 2.64 bits per heavy atom. The van der Waals surface area contributed by atoms with E-state index in [-0.39, 0.29) is 30.8 Å². The van der Waals surface area contributed by atoms with Crippen molar-refractivity contribution in [2.45, 2.75) is 25.4 Å². The third-order valence-electron chi connectivity index (χ3n) is 6.22. The average molecular weight is 451 g/mol. The summed E-state index contributed by atoms with van der Waals surface area (Å²) in [5, 5.41) is 0. The van der Waals surface area contributed by atoms with Crippen molar-refractivity contribution in [3.63, 3.8) is 0 Å². The van der Waals surface area contributed by atoms with Crippen LogP contribution in [0.4, 0.5) is 0 Å². The standard InChI is InChI=1S/C24H25N3O6/c1-25-18-5-2-3-6-19(18)27(24(25)30)14-23(29)33-15-22(28)26-10-4-7-17(26)16-8-9-20-21(13-16)32-12-11-31-20/h2-3,5-6,8-9,13,17H,4,7,10-12,14-15H2,1H3. The van der Waals surface area contributed by atoms with Gasteiger partial charge in [-0.15, -0.1) is 0 Å². The van der Waals surface area contributed by atoms with Gasteiger partial charge in [0, 0.05) is 13.6 Å². The van der Waals surface area contributed by atoms with Crippen LogP contribution >= 0.6 is 0 Å².